The van der Waals surface area contributed by atoms with Gasteiger partial charge in [0, 0.05) is 17.4 Å². The minimum absolute atomic E-state index is 0.605. The van der Waals surface area contributed by atoms with Crippen molar-refractivity contribution in [3.63, 3.8) is 0 Å². The fourth-order valence-electron chi connectivity index (χ4n) is 1.73. The summed E-state index contributed by atoms with van der Waals surface area (Å²) < 4.78 is 11.6. The van der Waals surface area contributed by atoms with Crippen LogP contribution in [0, 0.1) is 0 Å². The van der Waals surface area contributed by atoms with E-state index >= 15 is 0 Å². The lowest BCUT2D eigenvalue weighted by atomic mass is 10.1. The molecule has 0 spiro atoms. The average molecular weight is 343 g/mol. The predicted molar refractivity (Wildman–Crippen MR) is 81.1 cm³/mol. The van der Waals surface area contributed by atoms with Gasteiger partial charge in [0.15, 0.2) is 0 Å². The lowest BCUT2D eigenvalue weighted by Gasteiger charge is -2.10. The van der Waals surface area contributed by atoms with Gasteiger partial charge in [-0.2, -0.15) is 0 Å². The highest BCUT2D eigenvalue weighted by Gasteiger charge is 2.14. The Morgan fingerprint density at radius 1 is 1.26 bits per heavy atom. The number of nitrogens with zero attached hydrogens (tertiary/aromatic N) is 1. The molecule has 1 heterocycles. The first kappa shape index (κ1) is 14.3. The van der Waals surface area contributed by atoms with Gasteiger partial charge in [-0.3, -0.25) is 0 Å². The molecular formula is C13H15BrN2O2S. The molecule has 0 aliphatic rings. The van der Waals surface area contributed by atoms with E-state index in [1.54, 1.807) is 25.6 Å². The Kier molecular flexibility index (Phi) is 4.79. The van der Waals surface area contributed by atoms with E-state index in [-0.39, 0.29) is 0 Å². The van der Waals surface area contributed by atoms with Crippen molar-refractivity contribution in [1.82, 2.24) is 4.98 Å². The van der Waals surface area contributed by atoms with Crippen LogP contribution in [-0.4, -0.2) is 25.7 Å². The Morgan fingerprint density at radius 2 is 2.00 bits per heavy atom. The maximum atomic E-state index is 5.55. The number of ether oxygens (including phenoxy) is 2. The Hall–Kier alpha value is -1.11. The predicted octanol–water partition coefficient (Wildman–Crippen LogP) is 3.09. The first-order chi connectivity index (χ1) is 9.19. The third kappa shape index (κ3) is 3.08. The van der Waals surface area contributed by atoms with Crippen LogP contribution in [0.3, 0.4) is 0 Å². The Labute approximate surface area is 124 Å². The molecule has 0 unspecified atom stereocenters. The molecule has 0 radical (unpaired) electrons. The second-order valence-electron chi connectivity index (χ2n) is 3.85. The molecule has 1 aromatic heterocycles. The zero-order chi connectivity index (χ0) is 13.8. The summed E-state index contributed by atoms with van der Waals surface area (Å²) in [6.07, 6.45) is 0.792. The van der Waals surface area contributed by atoms with Crippen LogP contribution in [0.15, 0.2) is 22.0 Å². The van der Waals surface area contributed by atoms with Gasteiger partial charge >= 0.3 is 0 Å². The highest BCUT2D eigenvalue weighted by atomic mass is 79.9. The summed E-state index contributed by atoms with van der Waals surface area (Å²) in [4.78, 5) is 4.57. The van der Waals surface area contributed by atoms with Crippen LogP contribution >= 0.6 is 27.3 Å². The molecule has 0 saturated carbocycles. The third-order valence-electron chi connectivity index (χ3n) is 2.66. The summed E-state index contributed by atoms with van der Waals surface area (Å²) in [5, 5.41) is 3.04. The van der Waals surface area contributed by atoms with Crippen molar-refractivity contribution in [2.24, 2.45) is 5.73 Å². The number of rotatable bonds is 5. The fraction of sp³-hybridized carbons (Fsp3) is 0.308. The minimum atomic E-state index is 0.605. The van der Waals surface area contributed by atoms with Crippen LogP contribution in [0.2, 0.25) is 0 Å². The molecule has 2 N–H and O–H groups in total. The maximum Gasteiger partial charge on any atom is 0.133 e. The van der Waals surface area contributed by atoms with Crippen LogP contribution in [0.4, 0.5) is 0 Å². The van der Waals surface area contributed by atoms with E-state index in [2.05, 4.69) is 20.9 Å². The largest absolute Gasteiger partial charge is 0.496 e. The molecule has 2 rings (SSSR count). The van der Waals surface area contributed by atoms with E-state index in [0.717, 1.165) is 38.7 Å². The molecule has 6 heteroatoms. The normalized spacial score (nSPS) is 10.5. The molecular weight excluding hydrogens is 328 g/mol. The molecule has 0 amide bonds. The molecule has 19 heavy (non-hydrogen) atoms. The second kappa shape index (κ2) is 6.36. The molecule has 2 aromatic rings. The van der Waals surface area contributed by atoms with Crippen LogP contribution < -0.4 is 15.2 Å². The van der Waals surface area contributed by atoms with Gasteiger partial charge in [0.05, 0.1) is 29.4 Å². The number of nitrogens with two attached hydrogens (primary N) is 1. The van der Waals surface area contributed by atoms with E-state index in [4.69, 9.17) is 15.2 Å². The molecule has 102 valence electrons. The summed E-state index contributed by atoms with van der Waals surface area (Å²) in [6, 6.07) is 3.81. The van der Waals surface area contributed by atoms with E-state index in [1.165, 1.54) is 0 Å². The van der Waals surface area contributed by atoms with Gasteiger partial charge in [-0.25, -0.2) is 4.98 Å². The number of hydrogen-bond acceptors (Lipinski definition) is 5. The van der Waals surface area contributed by atoms with Gasteiger partial charge in [-0.1, -0.05) is 0 Å². The van der Waals surface area contributed by atoms with Crippen molar-refractivity contribution >= 4 is 27.3 Å². The van der Waals surface area contributed by atoms with E-state index in [0.29, 0.717) is 6.54 Å². The summed E-state index contributed by atoms with van der Waals surface area (Å²) in [5.41, 5.74) is 7.35. The lowest BCUT2D eigenvalue weighted by Crippen LogP contribution is -2.02. The van der Waals surface area contributed by atoms with Crippen molar-refractivity contribution in [3.8, 4) is 22.8 Å². The smallest absolute Gasteiger partial charge is 0.133 e. The summed E-state index contributed by atoms with van der Waals surface area (Å²) >= 11 is 5.05. The van der Waals surface area contributed by atoms with Gasteiger partial charge in [0.25, 0.3) is 0 Å². The van der Waals surface area contributed by atoms with Crippen molar-refractivity contribution in [2.75, 3.05) is 20.8 Å². The number of thiazole rings is 1. The van der Waals surface area contributed by atoms with Gasteiger partial charge in [0.1, 0.15) is 11.5 Å². The number of benzene rings is 1. The van der Waals surface area contributed by atoms with Crippen LogP contribution in [-0.2, 0) is 6.42 Å². The lowest BCUT2D eigenvalue weighted by molar-refractivity contribution is 0.402. The Morgan fingerprint density at radius 3 is 2.63 bits per heavy atom. The Balaban J connectivity index is 2.46. The zero-order valence-corrected chi connectivity index (χ0v) is 13.2. The van der Waals surface area contributed by atoms with E-state index in [1.807, 2.05) is 17.5 Å². The fourth-order valence-corrected chi connectivity index (χ4v) is 3.03. The van der Waals surface area contributed by atoms with Crippen molar-refractivity contribution < 1.29 is 9.47 Å². The SMILES string of the molecule is COc1cc(-c2csc(CCN)n2)c(OC)cc1Br. The van der Waals surface area contributed by atoms with Crippen LogP contribution in [0.1, 0.15) is 5.01 Å². The number of halogens is 1. The van der Waals surface area contributed by atoms with Crippen LogP contribution in [0.25, 0.3) is 11.3 Å². The van der Waals surface area contributed by atoms with Crippen molar-refractivity contribution in [3.05, 3.63) is 27.0 Å². The first-order valence-corrected chi connectivity index (χ1v) is 7.43. The minimum Gasteiger partial charge on any atom is -0.496 e. The average Bonchev–Trinajstić information content (AvgIpc) is 2.87. The van der Waals surface area contributed by atoms with Gasteiger partial charge < -0.3 is 15.2 Å². The molecule has 1 aromatic carbocycles. The van der Waals surface area contributed by atoms with E-state index in [9.17, 15) is 0 Å². The number of aromatic nitrogens is 1. The molecule has 0 bridgehead atoms. The molecule has 0 aliphatic heterocycles. The monoisotopic (exact) mass is 342 g/mol. The van der Waals surface area contributed by atoms with Crippen LogP contribution in [0.5, 0.6) is 11.5 Å². The zero-order valence-electron chi connectivity index (χ0n) is 10.8. The molecule has 0 atom stereocenters. The summed E-state index contributed by atoms with van der Waals surface area (Å²) in [6.45, 7) is 0.605. The Bertz CT molecular complexity index is 572. The number of hydrogen-bond donors (Lipinski definition) is 1. The topological polar surface area (TPSA) is 57.4 Å². The second-order valence-corrected chi connectivity index (χ2v) is 5.65. The third-order valence-corrected chi connectivity index (χ3v) is 4.19. The number of methoxy groups -OCH3 is 2. The molecule has 0 saturated heterocycles. The highest BCUT2D eigenvalue weighted by Crippen LogP contribution is 2.38. The van der Waals surface area contributed by atoms with Crippen molar-refractivity contribution in [1.29, 1.82) is 0 Å². The van der Waals surface area contributed by atoms with Gasteiger partial charge in [-0.15, -0.1) is 11.3 Å². The summed E-state index contributed by atoms with van der Waals surface area (Å²) in [5.74, 6) is 1.52. The molecule has 0 aliphatic carbocycles. The van der Waals surface area contributed by atoms with E-state index < -0.39 is 0 Å². The first-order valence-electron chi connectivity index (χ1n) is 5.76. The van der Waals surface area contributed by atoms with Crippen molar-refractivity contribution in [2.45, 2.75) is 6.42 Å². The molecule has 4 nitrogen and oxygen atoms in total. The molecule has 0 fully saturated rings. The maximum absolute atomic E-state index is 5.55. The van der Waals surface area contributed by atoms with Gasteiger partial charge in [-0.05, 0) is 34.6 Å². The highest BCUT2D eigenvalue weighted by molar-refractivity contribution is 9.10. The van der Waals surface area contributed by atoms with Gasteiger partial charge in [0.2, 0.25) is 0 Å². The summed E-state index contributed by atoms with van der Waals surface area (Å²) in [7, 11) is 3.28. The quantitative estimate of drug-likeness (QED) is 0.906. The standard InChI is InChI=1S/C13H15BrN2O2S/c1-17-11-6-9(14)12(18-2)5-8(11)10-7-19-13(16-10)3-4-15/h5-7H,3-4,15H2,1-2H3.